The second-order valence-corrected chi connectivity index (χ2v) is 12.2. The molecule has 0 spiro atoms. The number of halogens is 3. The summed E-state index contributed by atoms with van der Waals surface area (Å²) in [6, 6.07) is 39.1. The van der Waals surface area contributed by atoms with Gasteiger partial charge in [-0.3, -0.25) is 0 Å². The van der Waals surface area contributed by atoms with Crippen LogP contribution in [-0.2, 0) is 6.18 Å². The van der Waals surface area contributed by atoms with Crippen molar-refractivity contribution in [3.05, 3.63) is 143 Å². The van der Waals surface area contributed by atoms with Gasteiger partial charge in [-0.2, -0.15) is 18.4 Å². The van der Waals surface area contributed by atoms with E-state index in [-0.39, 0.29) is 0 Å². The van der Waals surface area contributed by atoms with Crippen LogP contribution in [0.1, 0.15) is 27.8 Å². The third-order valence-corrected chi connectivity index (χ3v) is 9.35. The molecular formula is C41H28F3N3. The molecule has 0 bridgehead atoms. The minimum Gasteiger partial charge on any atom is -0.307 e. The number of aryl methyl sites for hydroxylation is 3. The Bertz CT molecular complexity index is 2610. The Balaban J connectivity index is 1.57. The van der Waals surface area contributed by atoms with E-state index in [1.54, 1.807) is 6.92 Å². The number of hydrogen-bond donors (Lipinski definition) is 0. The predicted octanol–water partition coefficient (Wildman–Crippen LogP) is 11.4. The first-order valence-corrected chi connectivity index (χ1v) is 15.4. The zero-order valence-electron chi connectivity index (χ0n) is 25.9. The fourth-order valence-electron chi connectivity index (χ4n) is 7.27. The van der Waals surface area contributed by atoms with Gasteiger partial charge in [0.05, 0.1) is 50.6 Å². The highest BCUT2D eigenvalue weighted by Crippen LogP contribution is 2.43. The molecule has 8 aromatic rings. The summed E-state index contributed by atoms with van der Waals surface area (Å²) in [6.07, 6.45) is -4.47. The molecule has 6 aromatic carbocycles. The highest BCUT2D eigenvalue weighted by atomic mass is 19.4. The van der Waals surface area contributed by atoms with E-state index in [2.05, 4.69) is 89.7 Å². The molecule has 2 heterocycles. The molecular weight excluding hydrogens is 591 g/mol. The highest BCUT2D eigenvalue weighted by molar-refractivity contribution is 6.12. The van der Waals surface area contributed by atoms with Gasteiger partial charge in [-0.15, -0.1) is 0 Å². The fraction of sp³-hybridized carbons (Fsp3) is 0.0976. The maximum absolute atomic E-state index is 13.7. The van der Waals surface area contributed by atoms with Crippen LogP contribution in [-0.4, -0.2) is 9.13 Å². The maximum atomic E-state index is 13.7. The van der Waals surface area contributed by atoms with Crippen molar-refractivity contribution in [2.45, 2.75) is 26.9 Å². The summed E-state index contributed by atoms with van der Waals surface area (Å²) in [4.78, 5) is 0. The number of fused-ring (bicyclic) bond motifs is 6. The van der Waals surface area contributed by atoms with E-state index in [9.17, 15) is 18.4 Å². The van der Waals surface area contributed by atoms with E-state index in [1.165, 1.54) is 6.07 Å². The van der Waals surface area contributed by atoms with Crippen LogP contribution in [0, 0.1) is 32.1 Å². The van der Waals surface area contributed by atoms with E-state index in [1.807, 2.05) is 36.4 Å². The number of para-hydroxylation sites is 4. The Morgan fingerprint density at radius 1 is 0.532 bits per heavy atom. The number of hydrogen-bond acceptors (Lipinski definition) is 1. The van der Waals surface area contributed by atoms with Gasteiger partial charge in [0.2, 0.25) is 0 Å². The second-order valence-electron chi connectivity index (χ2n) is 12.2. The Hall–Kier alpha value is -5.80. The van der Waals surface area contributed by atoms with Gasteiger partial charge in [-0.1, -0.05) is 78.9 Å². The molecule has 0 fully saturated rings. The number of nitrogens with zero attached hydrogens (tertiary/aromatic N) is 3. The number of aromatic nitrogens is 2. The van der Waals surface area contributed by atoms with E-state index in [4.69, 9.17) is 0 Å². The molecule has 2 aromatic heterocycles. The van der Waals surface area contributed by atoms with Crippen molar-refractivity contribution in [1.82, 2.24) is 9.13 Å². The summed E-state index contributed by atoms with van der Waals surface area (Å²) in [6.45, 7) is 5.85. The first-order chi connectivity index (χ1) is 22.7. The molecule has 0 atom stereocenters. The monoisotopic (exact) mass is 619 g/mol. The summed E-state index contributed by atoms with van der Waals surface area (Å²) < 4.78 is 45.5. The van der Waals surface area contributed by atoms with Crippen molar-refractivity contribution in [2.75, 3.05) is 0 Å². The lowest BCUT2D eigenvalue weighted by Crippen LogP contribution is -2.07. The van der Waals surface area contributed by atoms with Gasteiger partial charge in [-0.05, 0) is 79.4 Å². The predicted molar refractivity (Wildman–Crippen MR) is 184 cm³/mol. The van der Waals surface area contributed by atoms with E-state index >= 15 is 0 Å². The highest BCUT2D eigenvalue weighted by Gasteiger charge is 2.31. The molecule has 228 valence electrons. The quantitative estimate of drug-likeness (QED) is 0.194. The summed E-state index contributed by atoms with van der Waals surface area (Å²) in [5.74, 6) is 0. The number of rotatable bonds is 3. The van der Waals surface area contributed by atoms with Crippen molar-refractivity contribution in [1.29, 1.82) is 5.26 Å². The van der Waals surface area contributed by atoms with Crippen LogP contribution < -0.4 is 0 Å². The van der Waals surface area contributed by atoms with Crippen molar-refractivity contribution in [3.63, 3.8) is 0 Å². The third-order valence-electron chi connectivity index (χ3n) is 9.35. The summed E-state index contributed by atoms with van der Waals surface area (Å²) in [7, 11) is 0. The molecule has 8 rings (SSSR count). The normalized spacial score (nSPS) is 12.0. The van der Waals surface area contributed by atoms with Gasteiger partial charge in [0.1, 0.15) is 0 Å². The third kappa shape index (κ3) is 4.27. The van der Waals surface area contributed by atoms with Crippen LogP contribution in [0.4, 0.5) is 13.2 Å². The number of benzene rings is 6. The van der Waals surface area contributed by atoms with Crippen LogP contribution in [0.15, 0.2) is 115 Å². The number of alkyl halides is 3. The lowest BCUT2D eigenvalue weighted by atomic mass is 9.93. The molecule has 3 nitrogen and oxygen atoms in total. The Kier molecular flexibility index (Phi) is 6.32. The summed E-state index contributed by atoms with van der Waals surface area (Å²) in [5, 5.41) is 15.0. The topological polar surface area (TPSA) is 33.6 Å². The largest absolute Gasteiger partial charge is 0.416 e. The molecule has 0 aliphatic heterocycles. The van der Waals surface area contributed by atoms with Gasteiger partial charge in [0, 0.05) is 27.1 Å². The summed E-state index contributed by atoms with van der Waals surface area (Å²) in [5.41, 5.74) is 9.13. The van der Waals surface area contributed by atoms with Gasteiger partial charge < -0.3 is 9.13 Å². The van der Waals surface area contributed by atoms with Crippen molar-refractivity contribution < 1.29 is 13.2 Å². The Morgan fingerprint density at radius 3 is 1.55 bits per heavy atom. The van der Waals surface area contributed by atoms with E-state index in [0.717, 1.165) is 78.2 Å². The minimum absolute atomic E-state index is 0.378. The van der Waals surface area contributed by atoms with Crippen LogP contribution in [0.2, 0.25) is 0 Å². The fourth-order valence-corrected chi connectivity index (χ4v) is 7.27. The molecule has 6 heteroatoms. The molecule has 47 heavy (non-hydrogen) atoms. The number of nitriles is 1. The van der Waals surface area contributed by atoms with Gasteiger partial charge in [0.15, 0.2) is 0 Å². The molecule has 0 aliphatic carbocycles. The van der Waals surface area contributed by atoms with Crippen molar-refractivity contribution in [3.8, 4) is 28.6 Å². The first kappa shape index (κ1) is 28.7. The average Bonchev–Trinajstić information content (AvgIpc) is 3.59. The van der Waals surface area contributed by atoms with Crippen LogP contribution in [0.5, 0.6) is 0 Å². The molecule has 0 N–H and O–H groups in total. The molecule has 0 saturated carbocycles. The van der Waals surface area contributed by atoms with Gasteiger partial charge in [-0.25, -0.2) is 0 Å². The van der Waals surface area contributed by atoms with Crippen molar-refractivity contribution >= 4 is 43.6 Å². The van der Waals surface area contributed by atoms with Crippen LogP contribution in [0.25, 0.3) is 66.1 Å². The van der Waals surface area contributed by atoms with Crippen LogP contribution >= 0.6 is 0 Å². The van der Waals surface area contributed by atoms with Gasteiger partial charge >= 0.3 is 6.18 Å². The Morgan fingerprint density at radius 2 is 1.04 bits per heavy atom. The zero-order valence-corrected chi connectivity index (χ0v) is 25.9. The van der Waals surface area contributed by atoms with Gasteiger partial charge in [0.25, 0.3) is 0 Å². The van der Waals surface area contributed by atoms with E-state index in [0.29, 0.717) is 22.3 Å². The lowest BCUT2D eigenvalue weighted by molar-refractivity contribution is -0.137. The summed E-state index contributed by atoms with van der Waals surface area (Å²) >= 11 is 0. The minimum atomic E-state index is -4.47. The molecule has 0 amide bonds. The maximum Gasteiger partial charge on any atom is 0.416 e. The lowest BCUT2D eigenvalue weighted by Gasteiger charge is -2.21. The molecule has 0 saturated heterocycles. The van der Waals surface area contributed by atoms with Crippen molar-refractivity contribution in [2.24, 2.45) is 0 Å². The second kappa shape index (κ2) is 10.4. The molecule has 0 unspecified atom stereocenters. The zero-order chi connectivity index (χ0) is 32.6. The first-order valence-electron chi connectivity index (χ1n) is 15.4. The smallest absolute Gasteiger partial charge is 0.307 e. The van der Waals surface area contributed by atoms with E-state index < -0.39 is 11.7 Å². The standard InChI is InChI=1S/C41H28F3N3/c1-24-10-8-14-32-30-12-4-6-16-35(30)46(39(24)32)37-21-27(23-45)34(29-19-18-28(20-26(29)3)41(42,43)44)22-38(37)47-36-17-7-5-13-31(36)33-15-9-11-25(2)40(33)47/h4-22H,1-3H3. The van der Waals surface area contributed by atoms with Crippen LogP contribution in [0.3, 0.4) is 0 Å². The SMILES string of the molecule is Cc1cc(C(F)(F)F)ccc1-c1cc(-n2c3ccccc3c3cccc(C)c32)c(-n2c3ccccc3c3cccc(C)c32)cc1C#N. The molecule has 0 radical (unpaired) electrons. The Labute approximate surface area is 269 Å². The molecule has 0 aliphatic rings. The average molecular weight is 620 g/mol.